The van der Waals surface area contributed by atoms with E-state index in [1.54, 1.807) is 24.3 Å². The van der Waals surface area contributed by atoms with E-state index >= 15 is 0 Å². The molecule has 2 rings (SSSR count). The lowest BCUT2D eigenvalue weighted by Gasteiger charge is -2.23. The number of guanidine groups is 2. The molecule has 16 nitrogen and oxygen atoms in total. The van der Waals surface area contributed by atoms with Crippen LogP contribution >= 0.6 is 0 Å². The van der Waals surface area contributed by atoms with Crippen molar-refractivity contribution in [2.24, 2.45) is 32.9 Å². The number of hydrogen-bond acceptors (Lipinski definition) is 8. The van der Waals surface area contributed by atoms with Gasteiger partial charge in [0.2, 0.25) is 11.8 Å². The van der Waals surface area contributed by atoms with Crippen molar-refractivity contribution in [1.29, 1.82) is 0 Å². The van der Waals surface area contributed by atoms with E-state index in [0.717, 1.165) is 5.56 Å². The van der Waals surface area contributed by atoms with Crippen LogP contribution in [0.4, 0.5) is 16.2 Å². The summed E-state index contributed by atoms with van der Waals surface area (Å²) >= 11 is 0. The number of amides is 3. The molecule has 0 saturated heterocycles. The molecule has 0 saturated carbocycles. The molecule has 0 spiro atoms. The predicted molar refractivity (Wildman–Crippen MR) is 157 cm³/mol. The molecule has 2 aromatic carbocycles. The zero-order valence-electron chi connectivity index (χ0n) is 22.9. The molecule has 0 aromatic heterocycles. The Morgan fingerprint density at radius 3 is 1.88 bits per heavy atom. The van der Waals surface area contributed by atoms with E-state index in [9.17, 15) is 24.5 Å². The van der Waals surface area contributed by atoms with Crippen LogP contribution in [0.1, 0.15) is 31.2 Å². The van der Waals surface area contributed by atoms with Gasteiger partial charge in [-0.3, -0.25) is 29.7 Å². The molecule has 226 valence electrons. The number of carbonyl (C=O) groups excluding carboxylic acids is 3. The van der Waals surface area contributed by atoms with E-state index in [0.29, 0.717) is 12.8 Å². The van der Waals surface area contributed by atoms with Crippen LogP contribution < -0.4 is 38.9 Å². The molecular weight excluding hydrogens is 548 g/mol. The number of alkyl carbamates (subject to hydrolysis) is 1. The van der Waals surface area contributed by atoms with Gasteiger partial charge in [0.15, 0.2) is 11.9 Å². The maximum absolute atomic E-state index is 13.3. The van der Waals surface area contributed by atoms with Crippen LogP contribution in [0, 0.1) is 10.1 Å². The summed E-state index contributed by atoms with van der Waals surface area (Å²) < 4.78 is 5.25. The first kappa shape index (κ1) is 32.8. The molecule has 2 unspecified atom stereocenters. The zero-order chi connectivity index (χ0) is 30.9. The number of nitrogens with one attached hydrogen (secondary N) is 3. The molecule has 2 aromatic rings. The molecule has 42 heavy (non-hydrogen) atoms. The molecular formula is C26H36N10O6. The third-order valence-corrected chi connectivity index (χ3v) is 5.69. The number of carbonyl (C=O) groups is 3. The van der Waals surface area contributed by atoms with Crippen molar-refractivity contribution in [1.82, 2.24) is 10.6 Å². The number of aliphatic imine (C=N–C) groups is 2. The number of nitrogens with zero attached hydrogens (tertiary/aromatic N) is 3. The smallest absolute Gasteiger partial charge is 0.408 e. The second-order valence-electron chi connectivity index (χ2n) is 9.01. The first-order valence-electron chi connectivity index (χ1n) is 13.0. The molecule has 0 bridgehead atoms. The first-order valence-corrected chi connectivity index (χ1v) is 13.0. The summed E-state index contributed by atoms with van der Waals surface area (Å²) in [7, 11) is 0. The number of nitro benzene ring substituents is 1. The van der Waals surface area contributed by atoms with E-state index in [1.165, 1.54) is 24.3 Å². The molecule has 16 heteroatoms. The standard InChI is InChI=1S/C26H36N10O6/c27-24(28)31-14-4-8-20(22(37)33-18-10-12-19(13-11-18)36(40)41)34-23(38)21(9-5-15-32-25(29)30)35-26(39)42-16-17-6-2-1-3-7-17/h1-3,6-7,10-13,20-21H,4-5,8-9,14-16H2,(H,33,37)(H,34,38)(H,35,39)(H4,27,28,31)(H4,29,30,32). The van der Waals surface area contributed by atoms with Crippen molar-refractivity contribution < 1.29 is 24.0 Å². The van der Waals surface area contributed by atoms with Crippen molar-refractivity contribution in [2.75, 3.05) is 18.4 Å². The molecule has 2 atom stereocenters. The fourth-order valence-electron chi connectivity index (χ4n) is 3.62. The van der Waals surface area contributed by atoms with Gasteiger partial charge < -0.3 is 43.6 Å². The van der Waals surface area contributed by atoms with Crippen LogP contribution in [0.5, 0.6) is 0 Å². The van der Waals surface area contributed by atoms with Gasteiger partial charge in [0.1, 0.15) is 18.7 Å². The van der Waals surface area contributed by atoms with Crippen molar-refractivity contribution in [3.63, 3.8) is 0 Å². The molecule has 0 aliphatic carbocycles. The maximum Gasteiger partial charge on any atom is 0.408 e. The summed E-state index contributed by atoms with van der Waals surface area (Å²) in [6.45, 7) is 0.390. The topological polar surface area (TPSA) is 268 Å². The third kappa shape index (κ3) is 12.6. The molecule has 11 N–H and O–H groups in total. The average molecular weight is 585 g/mol. The van der Waals surface area contributed by atoms with Crippen molar-refractivity contribution in [2.45, 2.75) is 44.4 Å². The minimum atomic E-state index is -1.09. The first-order chi connectivity index (χ1) is 20.0. The Morgan fingerprint density at radius 1 is 0.810 bits per heavy atom. The average Bonchev–Trinajstić information content (AvgIpc) is 2.95. The second kappa shape index (κ2) is 17.3. The number of rotatable bonds is 16. The molecule has 0 aliphatic heterocycles. The van der Waals surface area contributed by atoms with Crippen LogP contribution in [0.15, 0.2) is 64.6 Å². The fourth-order valence-corrected chi connectivity index (χ4v) is 3.62. The summed E-state index contributed by atoms with van der Waals surface area (Å²) in [6.07, 6.45) is 0.103. The van der Waals surface area contributed by atoms with Gasteiger partial charge in [-0.2, -0.15) is 0 Å². The summed E-state index contributed by atoms with van der Waals surface area (Å²) in [6, 6.07) is 12.0. The van der Waals surface area contributed by atoms with Crippen LogP contribution in [0.3, 0.4) is 0 Å². The lowest BCUT2D eigenvalue weighted by Crippen LogP contribution is -2.52. The Labute approximate surface area is 242 Å². The van der Waals surface area contributed by atoms with Gasteiger partial charge in [0.25, 0.3) is 5.69 Å². The van der Waals surface area contributed by atoms with Crippen LogP contribution in [0.25, 0.3) is 0 Å². The Kier molecular flexibility index (Phi) is 13.5. The summed E-state index contributed by atoms with van der Waals surface area (Å²) in [5, 5.41) is 18.7. The number of benzene rings is 2. The molecule has 0 fully saturated rings. The number of hydrogen-bond donors (Lipinski definition) is 7. The fraction of sp³-hybridized carbons (Fsp3) is 0.346. The van der Waals surface area contributed by atoms with E-state index in [2.05, 4.69) is 25.9 Å². The van der Waals surface area contributed by atoms with Gasteiger partial charge >= 0.3 is 6.09 Å². The number of nitro groups is 1. The SMILES string of the molecule is NC(N)=NCCCC(NC(=O)OCc1ccccc1)C(=O)NC(CCCN=C(N)N)C(=O)Nc1ccc([N+](=O)[O-])cc1. The van der Waals surface area contributed by atoms with E-state index < -0.39 is 34.9 Å². The zero-order valence-corrected chi connectivity index (χ0v) is 22.9. The van der Waals surface area contributed by atoms with Gasteiger partial charge in [0.05, 0.1) is 4.92 Å². The number of ether oxygens (including phenoxy) is 1. The minimum Gasteiger partial charge on any atom is -0.445 e. The summed E-state index contributed by atoms with van der Waals surface area (Å²) in [5.74, 6) is -1.48. The van der Waals surface area contributed by atoms with Crippen LogP contribution in [0.2, 0.25) is 0 Å². The van der Waals surface area contributed by atoms with Gasteiger partial charge in [-0.15, -0.1) is 0 Å². The van der Waals surface area contributed by atoms with Crippen molar-refractivity contribution >= 4 is 41.2 Å². The van der Waals surface area contributed by atoms with E-state index in [1.807, 2.05) is 6.07 Å². The Balaban J connectivity index is 2.14. The second-order valence-corrected chi connectivity index (χ2v) is 9.01. The van der Waals surface area contributed by atoms with E-state index in [-0.39, 0.29) is 55.8 Å². The molecule has 0 aliphatic rings. The monoisotopic (exact) mass is 584 g/mol. The number of nitrogens with two attached hydrogens (primary N) is 4. The van der Waals surface area contributed by atoms with Crippen LogP contribution in [-0.4, -0.2) is 59.9 Å². The minimum absolute atomic E-state index is 0.0138. The van der Waals surface area contributed by atoms with Crippen molar-refractivity contribution in [3.8, 4) is 0 Å². The van der Waals surface area contributed by atoms with Gasteiger partial charge in [-0.05, 0) is 43.4 Å². The maximum atomic E-state index is 13.3. The Morgan fingerprint density at radius 2 is 1.36 bits per heavy atom. The molecule has 3 amide bonds. The number of non-ortho nitro benzene ring substituents is 1. The highest BCUT2D eigenvalue weighted by molar-refractivity contribution is 5.98. The van der Waals surface area contributed by atoms with Gasteiger partial charge in [-0.1, -0.05) is 30.3 Å². The summed E-state index contributed by atoms with van der Waals surface area (Å²) in [4.78, 5) is 57.1. The van der Waals surface area contributed by atoms with Crippen molar-refractivity contribution in [3.05, 3.63) is 70.3 Å². The lowest BCUT2D eigenvalue weighted by atomic mass is 10.1. The highest BCUT2D eigenvalue weighted by atomic mass is 16.6. The van der Waals surface area contributed by atoms with Crippen LogP contribution in [-0.2, 0) is 20.9 Å². The lowest BCUT2D eigenvalue weighted by molar-refractivity contribution is -0.384. The highest BCUT2D eigenvalue weighted by Gasteiger charge is 2.27. The van der Waals surface area contributed by atoms with Gasteiger partial charge in [-0.25, -0.2) is 4.79 Å². The normalized spacial score (nSPS) is 11.7. The molecule has 0 radical (unpaired) electrons. The predicted octanol–water partition coefficient (Wildman–Crippen LogP) is 0.420. The van der Waals surface area contributed by atoms with Gasteiger partial charge in [0, 0.05) is 30.9 Å². The molecule has 0 heterocycles. The Bertz CT molecular complexity index is 1250. The Hall–Kier alpha value is -5.41. The number of anilines is 1. The third-order valence-electron chi connectivity index (χ3n) is 5.69. The van der Waals surface area contributed by atoms with E-state index in [4.69, 9.17) is 27.7 Å². The largest absolute Gasteiger partial charge is 0.445 e. The highest BCUT2D eigenvalue weighted by Crippen LogP contribution is 2.16. The quantitative estimate of drug-likeness (QED) is 0.0469. The summed E-state index contributed by atoms with van der Waals surface area (Å²) in [5.41, 5.74) is 22.3.